The van der Waals surface area contributed by atoms with Crippen molar-refractivity contribution in [2.75, 3.05) is 31.3 Å². The Balaban J connectivity index is 1.33. The molecule has 50 heavy (non-hydrogen) atoms. The third-order valence-electron chi connectivity index (χ3n) is 9.52. The highest BCUT2D eigenvalue weighted by atomic mass is 17.2. The van der Waals surface area contributed by atoms with Crippen molar-refractivity contribution in [2.45, 2.75) is 75.1 Å². The number of aliphatic hydroxyl groups is 6. The maximum absolute atomic E-state index is 13.3. The molecule has 6 rings (SSSR count). The van der Waals surface area contributed by atoms with Gasteiger partial charge in [-0.05, 0) is 56.5 Å². The van der Waals surface area contributed by atoms with Crippen LogP contribution in [0.3, 0.4) is 0 Å². The summed E-state index contributed by atoms with van der Waals surface area (Å²) in [5, 5.41) is 72.4. The number of nitrogens with zero attached hydrogens (tertiary/aromatic N) is 2. The summed E-state index contributed by atoms with van der Waals surface area (Å²) in [5.74, 6) is 0.875. The van der Waals surface area contributed by atoms with Crippen LogP contribution in [0.15, 0.2) is 74.7 Å². The van der Waals surface area contributed by atoms with Gasteiger partial charge >= 0.3 is 0 Å². The lowest BCUT2D eigenvalue weighted by Gasteiger charge is -2.43. The first-order valence-electron chi connectivity index (χ1n) is 16.4. The lowest BCUT2D eigenvalue weighted by molar-refractivity contribution is -0.371. The van der Waals surface area contributed by atoms with E-state index in [1.165, 1.54) is 30.3 Å². The molecule has 3 aliphatic rings. The number of rotatable bonds is 14. The minimum Gasteiger partial charge on any atom is -0.508 e. The molecule has 0 radical (unpaired) electrons. The van der Waals surface area contributed by atoms with Gasteiger partial charge in [0.15, 0.2) is 16.8 Å². The maximum atomic E-state index is 13.3. The third kappa shape index (κ3) is 6.93. The Bertz CT molecular complexity index is 1870. The molecule has 4 heterocycles. The van der Waals surface area contributed by atoms with Gasteiger partial charge in [-0.2, -0.15) is 0 Å². The summed E-state index contributed by atoms with van der Waals surface area (Å²) in [5.41, 5.74) is 0.154. The number of anilines is 1. The van der Waals surface area contributed by atoms with Crippen molar-refractivity contribution in [3.63, 3.8) is 0 Å². The van der Waals surface area contributed by atoms with E-state index in [9.17, 15) is 40.5 Å². The van der Waals surface area contributed by atoms with Gasteiger partial charge in [0.25, 0.3) is 0 Å². The molecule has 6 atom stereocenters. The molecular formula is C36H42N2O12. The van der Waals surface area contributed by atoms with Crippen molar-refractivity contribution in [3.8, 4) is 11.5 Å². The highest BCUT2D eigenvalue weighted by Gasteiger charge is 2.47. The summed E-state index contributed by atoms with van der Waals surface area (Å²) >= 11 is 0. The van der Waals surface area contributed by atoms with Crippen LogP contribution in [0.2, 0.25) is 0 Å². The molecule has 0 spiro atoms. The minimum absolute atomic E-state index is 0.0217. The second-order valence-corrected chi connectivity index (χ2v) is 13.3. The number of hydrogen-bond donors (Lipinski definition) is 7. The summed E-state index contributed by atoms with van der Waals surface area (Å²) < 4.78 is 12.9. The Morgan fingerprint density at radius 2 is 1.92 bits per heavy atom. The van der Waals surface area contributed by atoms with Crippen molar-refractivity contribution in [2.24, 2.45) is 4.99 Å². The average Bonchev–Trinajstić information content (AvgIpc) is 3.70. The molecule has 0 saturated carbocycles. The van der Waals surface area contributed by atoms with Crippen molar-refractivity contribution >= 4 is 22.4 Å². The van der Waals surface area contributed by atoms with Gasteiger partial charge in [-0.25, -0.2) is 9.78 Å². The van der Waals surface area contributed by atoms with Crippen molar-refractivity contribution in [1.29, 1.82) is 0 Å². The van der Waals surface area contributed by atoms with Crippen LogP contribution in [-0.2, 0) is 22.6 Å². The Morgan fingerprint density at radius 3 is 2.62 bits per heavy atom. The molecule has 0 aliphatic carbocycles. The Hall–Kier alpha value is -4.12. The van der Waals surface area contributed by atoms with E-state index in [1.807, 2.05) is 17.2 Å². The number of ether oxygens (including phenoxy) is 1. The summed E-state index contributed by atoms with van der Waals surface area (Å²) in [7, 11) is 0. The van der Waals surface area contributed by atoms with Crippen LogP contribution >= 0.6 is 0 Å². The monoisotopic (exact) mass is 694 g/mol. The summed E-state index contributed by atoms with van der Waals surface area (Å²) in [6.07, 6.45) is -0.516. The number of hydrogen-bond acceptors (Lipinski definition) is 14. The third-order valence-corrected chi connectivity index (χ3v) is 9.52. The zero-order valence-corrected chi connectivity index (χ0v) is 27.7. The van der Waals surface area contributed by atoms with Gasteiger partial charge in [-0.1, -0.05) is 12.1 Å². The molecule has 0 fully saturated rings. The van der Waals surface area contributed by atoms with Crippen molar-refractivity contribution < 1.29 is 54.7 Å². The Labute approximate surface area is 287 Å². The van der Waals surface area contributed by atoms with Gasteiger partial charge in [0.1, 0.15) is 59.4 Å². The van der Waals surface area contributed by atoms with Crippen LogP contribution in [-0.4, -0.2) is 103 Å². The Kier molecular flexibility index (Phi) is 10.2. The van der Waals surface area contributed by atoms with Gasteiger partial charge in [0.2, 0.25) is 0 Å². The van der Waals surface area contributed by atoms with Gasteiger partial charge in [0.05, 0.1) is 24.2 Å². The second-order valence-electron chi connectivity index (χ2n) is 13.3. The largest absolute Gasteiger partial charge is 0.508 e. The molecule has 3 aromatic rings. The number of aryl methyl sites for hydroxylation is 1. The van der Waals surface area contributed by atoms with Crippen LogP contribution < -0.4 is 15.1 Å². The summed E-state index contributed by atoms with van der Waals surface area (Å²) in [6.45, 7) is 2.21. The van der Waals surface area contributed by atoms with Crippen LogP contribution in [0.25, 0.3) is 11.0 Å². The highest BCUT2D eigenvalue weighted by molar-refractivity contribution is 6.12. The molecule has 0 saturated heterocycles. The molecule has 14 heteroatoms. The van der Waals surface area contributed by atoms with Crippen LogP contribution in [0.4, 0.5) is 5.69 Å². The van der Waals surface area contributed by atoms with E-state index in [0.29, 0.717) is 58.7 Å². The van der Waals surface area contributed by atoms with Crippen LogP contribution in [0.1, 0.15) is 36.7 Å². The second kappa shape index (κ2) is 14.2. The number of phenolic OH excluding ortho intramolecular Hbond substituents is 1. The first-order valence-corrected chi connectivity index (χ1v) is 16.4. The van der Waals surface area contributed by atoms with E-state index in [-0.39, 0.29) is 30.6 Å². The molecule has 14 nitrogen and oxygen atoms in total. The zero-order chi connectivity index (χ0) is 35.8. The predicted octanol–water partition coefficient (Wildman–Crippen LogP) is 1.31. The van der Waals surface area contributed by atoms with Gasteiger partial charge in [-0.3, -0.25) is 9.79 Å². The van der Waals surface area contributed by atoms with E-state index < -0.39 is 48.8 Å². The first-order chi connectivity index (χ1) is 23.9. The quantitative estimate of drug-likeness (QED) is 0.0938. The zero-order valence-electron chi connectivity index (χ0n) is 27.7. The number of benzene rings is 2. The molecule has 0 amide bonds. The number of aliphatic hydroxyl groups excluding tert-OH is 5. The predicted molar refractivity (Wildman–Crippen MR) is 181 cm³/mol. The van der Waals surface area contributed by atoms with E-state index in [2.05, 4.69) is 4.99 Å². The summed E-state index contributed by atoms with van der Waals surface area (Å²) in [6, 6.07) is 8.89. The van der Waals surface area contributed by atoms with Gasteiger partial charge in [-0.15, -0.1) is 0 Å². The standard InChI is InChI=1S/C36H42N2O12/c1-20-12-27(42)25-13-23-14-29(50-47-19-36(46,34(45)31(44)28(43)18-40)15-21-4-6-24(41)7-5-21)35(2,9-3-11-39)49-32(23)30(33(25)48-20)38-16-22-8-10-37-26(22)17-38/h4-8,10,12-13,16,28-29,31,34,39-41,43-46H,3,9,11,14-15,17-19H2,1-2H3/t28-,29-,31-,34+,35-,36+/m1/s1. The Morgan fingerprint density at radius 1 is 1.16 bits per heavy atom. The average molecular weight is 695 g/mol. The van der Waals surface area contributed by atoms with E-state index in [0.717, 1.165) is 11.3 Å². The fraction of sp³-hybridized carbons (Fsp3) is 0.444. The molecule has 7 N–H and O–H groups in total. The number of allylic oxidation sites excluding steroid dienone is 1. The van der Waals surface area contributed by atoms with Gasteiger partial charge in [0, 0.05) is 49.1 Å². The number of phenols is 1. The fourth-order valence-corrected chi connectivity index (χ4v) is 6.66. The molecule has 0 bridgehead atoms. The van der Waals surface area contributed by atoms with Crippen molar-refractivity contribution in [3.05, 3.63) is 87.6 Å². The van der Waals surface area contributed by atoms with E-state index in [4.69, 9.17) is 18.9 Å². The van der Waals surface area contributed by atoms with Gasteiger partial charge < -0.3 is 49.8 Å². The fourth-order valence-electron chi connectivity index (χ4n) is 6.66. The number of aromatic hydroxyl groups is 1. The van der Waals surface area contributed by atoms with Crippen molar-refractivity contribution in [1.82, 2.24) is 0 Å². The van der Waals surface area contributed by atoms with Crippen LogP contribution in [0, 0.1) is 6.92 Å². The van der Waals surface area contributed by atoms with Crippen LogP contribution in [0.5, 0.6) is 11.5 Å². The summed E-state index contributed by atoms with van der Waals surface area (Å²) in [4.78, 5) is 31.2. The normalized spacial score (nSPS) is 22.7. The molecule has 1 aromatic heterocycles. The highest BCUT2D eigenvalue weighted by Crippen LogP contribution is 2.48. The molecule has 2 aromatic carbocycles. The topological polar surface area (TPSA) is 215 Å². The lowest BCUT2D eigenvalue weighted by Crippen LogP contribution is -2.58. The van der Waals surface area contributed by atoms with E-state index >= 15 is 0 Å². The smallest absolute Gasteiger partial charge is 0.193 e. The SMILES string of the molecule is Cc1cc(=O)c2cc3c(c(N4C=C5C=CN=C5C4)c2o1)O[C@](C)(CCCO)[C@H](OOC[C@@](O)(Cc1ccc(O)cc1)[C@@H](O)[C@H](O)[C@H](O)CO)C3. The van der Waals surface area contributed by atoms with E-state index in [1.54, 1.807) is 26.1 Å². The molecular weight excluding hydrogens is 652 g/mol. The lowest BCUT2D eigenvalue weighted by atomic mass is 9.85. The number of fused-ring (bicyclic) bond motifs is 3. The minimum atomic E-state index is -2.25. The molecule has 3 aliphatic heterocycles. The maximum Gasteiger partial charge on any atom is 0.193 e. The molecule has 268 valence electrons. The first kappa shape index (κ1) is 35.7. The molecule has 0 unspecified atom stereocenters. The number of aliphatic imine (C=N–C) groups is 1.